The Balaban J connectivity index is 2.99. The minimum atomic E-state index is 0.830. The largest absolute Gasteiger partial charge is 0.257 e. The fourth-order valence-electron chi connectivity index (χ4n) is 0.858. The topological polar surface area (TPSA) is 12.9 Å². The van der Waals surface area contributed by atoms with Gasteiger partial charge < -0.3 is 0 Å². The second-order valence-electron chi connectivity index (χ2n) is 2.31. The van der Waals surface area contributed by atoms with Gasteiger partial charge in [0.2, 0.25) is 0 Å². The number of nitrogens with zero attached hydrogens (tertiary/aromatic N) is 1. The molecule has 0 atom stereocenters. The van der Waals surface area contributed by atoms with E-state index in [0.717, 1.165) is 22.0 Å². The van der Waals surface area contributed by atoms with Gasteiger partial charge in [0, 0.05) is 16.4 Å². The lowest BCUT2D eigenvalue weighted by Crippen LogP contribution is -1.92. The summed E-state index contributed by atoms with van der Waals surface area (Å²) in [5, 5.41) is 1.71. The molecule has 0 saturated carbocycles. The van der Waals surface area contributed by atoms with Crippen molar-refractivity contribution in [2.24, 2.45) is 0 Å². The molecule has 1 rings (SSSR count). The Morgan fingerprint density at radius 1 is 1.27 bits per heavy atom. The van der Waals surface area contributed by atoms with Crippen LogP contribution in [0.4, 0.5) is 0 Å². The molecule has 0 spiro atoms. The number of aryl methyl sites for hydroxylation is 1. The Bertz CT molecular complexity index is 248. The van der Waals surface area contributed by atoms with Gasteiger partial charge in [0.05, 0.1) is 5.69 Å². The molecule has 1 aromatic rings. The molecule has 3 heteroatoms. The molecule has 0 aromatic carbocycles. The summed E-state index contributed by atoms with van der Waals surface area (Å²) >= 11 is 6.77. The Morgan fingerprint density at radius 2 is 2.00 bits per heavy atom. The van der Waals surface area contributed by atoms with Crippen molar-refractivity contribution in [1.29, 1.82) is 0 Å². The Morgan fingerprint density at radius 3 is 2.45 bits per heavy atom. The predicted octanol–water partition coefficient (Wildman–Crippen LogP) is 3.18. The van der Waals surface area contributed by atoms with Crippen molar-refractivity contribution >= 4 is 31.9 Å². The van der Waals surface area contributed by atoms with Crippen LogP contribution < -0.4 is 0 Å². The fraction of sp³-hybridized carbons (Fsp3) is 0.375. The van der Waals surface area contributed by atoms with Crippen LogP contribution in [0.5, 0.6) is 0 Å². The first kappa shape index (κ1) is 9.20. The number of rotatable bonds is 2. The van der Waals surface area contributed by atoms with Crippen LogP contribution in [0.1, 0.15) is 17.0 Å². The van der Waals surface area contributed by atoms with E-state index in [4.69, 9.17) is 0 Å². The van der Waals surface area contributed by atoms with Crippen molar-refractivity contribution < 1.29 is 0 Å². The van der Waals surface area contributed by atoms with Gasteiger partial charge in [0.25, 0.3) is 0 Å². The van der Waals surface area contributed by atoms with Crippen molar-refractivity contribution in [3.63, 3.8) is 0 Å². The van der Waals surface area contributed by atoms with Crippen molar-refractivity contribution in [2.45, 2.75) is 17.6 Å². The second kappa shape index (κ2) is 4.21. The highest BCUT2D eigenvalue weighted by atomic mass is 79.9. The molecule has 11 heavy (non-hydrogen) atoms. The summed E-state index contributed by atoms with van der Waals surface area (Å²) in [5.74, 6) is 0. The summed E-state index contributed by atoms with van der Waals surface area (Å²) in [6.45, 7) is 2.03. The number of pyridine rings is 1. The fourth-order valence-corrected chi connectivity index (χ4v) is 1.76. The Labute approximate surface area is 83.5 Å². The summed E-state index contributed by atoms with van der Waals surface area (Å²) in [7, 11) is 0. The van der Waals surface area contributed by atoms with E-state index in [9.17, 15) is 0 Å². The zero-order chi connectivity index (χ0) is 8.27. The second-order valence-corrected chi connectivity index (χ2v) is 3.44. The van der Waals surface area contributed by atoms with E-state index in [1.54, 1.807) is 0 Å². The van der Waals surface area contributed by atoms with Crippen LogP contribution in [-0.2, 0) is 10.7 Å². The van der Waals surface area contributed by atoms with Crippen LogP contribution in [0, 0.1) is 6.92 Å². The molecule has 0 radical (unpaired) electrons. The highest BCUT2D eigenvalue weighted by molar-refractivity contribution is 9.08. The first-order chi connectivity index (χ1) is 5.27. The van der Waals surface area contributed by atoms with Crippen LogP contribution in [-0.4, -0.2) is 4.98 Å². The molecule has 0 fully saturated rings. The first-order valence-electron chi connectivity index (χ1n) is 3.35. The molecule has 60 valence electrons. The smallest absolute Gasteiger partial charge is 0.0512 e. The van der Waals surface area contributed by atoms with Gasteiger partial charge in [0.1, 0.15) is 0 Å². The van der Waals surface area contributed by atoms with Gasteiger partial charge in [-0.2, -0.15) is 0 Å². The normalized spacial score (nSPS) is 10.1. The van der Waals surface area contributed by atoms with E-state index >= 15 is 0 Å². The molecule has 0 N–H and O–H groups in total. The molecule has 0 aliphatic carbocycles. The highest BCUT2D eigenvalue weighted by Gasteiger charge is 1.98. The van der Waals surface area contributed by atoms with E-state index in [0.29, 0.717) is 0 Å². The zero-order valence-electron chi connectivity index (χ0n) is 6.27. The van der Waals surface area contributed by atoms with Gasteiger partial charge in [-0.3, -0.25) is 4.98 Å². The van der Waals surface area contributed by atoms with Crippen LogP contribution in [0.2, 0.25) is 0 Å². The molecule has 0 bridgehead atoms. The third-order valence-electron chi connectivity index (χ3n) is 1.53. The summed E-state index contributed by atoms with van der Waals surface area (Å²) in [5.41, 5.74) is 3.46. The molecular formula is C8H9Br2N. The quantitative estimate of drug-likeness (QED) is 0.758. The van der Waals surface area contributed by atoms with E-state index < -0.39 is 0 Å². The number of hydrogen-bond donors (Lipinski definition) is 0. The van der Waals surface area contributed by atoms with Crippen LogP contribution in [0.25, 0.3) is 0 Å². The van der Waals surface area contributed by atoms with Gasteiger partial charge in [0.15, 0.2) is 0 Å². The Kier molecular flexibility index (Phi) is 3.52. The average molecular weight is 279 g/mol. The van der Waals surface area contributed by atoms with Crippen molar-refractivity contribution in [3.8, 4) is 0 Å². The van der Waals surface area contributed by atoms with Crippen molar-refractivity contribution in [1.82, 2.24) is 4.98 Å². The standard InChI is InChI=1S/C8H9Br2N/c1-6-7(4-9)2-3-8(5-10)11-6/h2-3H,4-5H2,1H3. The SMILES string of the molecule is Cc1nc(CBr)ccc1CBr. The zero-order valence-corrected chi connectivity index (χ0v) is 9.44. The third kappa shape index (κ3) is 2.27. The number of aromatic nitrogens is 1. The number of hydrogen-bond acceptors (Lipinski definition) is 1. The van der Waals surface area contributed by atoms with Crippen LogP contribution in [0.15, 0.2) is 12.1 Å². The van der Waals surface area contributed by atoms with Gasteiger partial charge >= 0.3 is 0 Å². The lowest BCUT2D eigenvalue weighted by molar-refractivity contribution is 1.08. The van der Waals surface area contributed by atoms with Gasteiger partial charge in [-0.15, -0.1) is 0 Å². The molecule has 1 heterocycles. The van der Waals surface area contributed by atoms with E-state index in [-0.39, 0.29) is 0 Å². The molecule has 0 aliphatic rings. The molecule has 0 aliphatic heterocycles. The highest BCUT2D eigenvalue weighted by Crippen LogP contribution is 2.11. The maximum Gasteiger partial charge on any atom is 0.0512 e. The molecule has 0 amide bonds. The maximum atomic E-state index is 4.39. The summed E-state index contributed by atoms with van der Waals surface area (Å²) in [4.78, 5) is 4.39. The van der Waals surface area contributed by atoms with E-state index in [1.165, 1.54) is 5.56 Å². The lowest BCUT2D eigenvalue weighted by atomic mass is 10.2. The van der Waals surface area contributed by atoms with Crippen LogP contribution >= 0.6 is 31.9 Å². The Hall–Kier alpha value is 0.110. The maximum absolute atomic E-state index is 4.39. The van der Waals surface area contributed by atoms with Gasteiger partial charge in [-0.1, -0.05) is 37.9 Å². The van der Waals surface area contributed by atoms with Gasteiger partial charge in [-0.25, -0.2) is 0 Å². The third-order valence-corrected chi connectivity index (χ3v) is 2.71. The van der Waals surface area contributed by atoms with Gasteiger partial charge in [-0.05, 0) is 18.6 Å². The van der Waals surface area contributed by atoms with Crippen molar-refractivity contribution in [3.05, 3.63) is 29.1 Å². The van der Waals surface area contributed by atoms with E-state index in [2.05, 4.69) is 42.9 Å². The molecule has 0 unspecified atom stereocenters. The average Bonchev–Trinajstić information content (AvgIpc) is 2.04. The monoisotopic (exact) mass is 277 g/mol. The summed E-state index contributed by atoms with van der Waals surface area (Å²) < 4.78 is 0. The van der Waals surface area contributed by atoms with Crippen LogP contribution in [0.3, 0.4) is 0 Å². The predicted molar refractivity (Wildman–Crippen MR) is 54.2 cm³/mol. The molecule has 1 aromatic heterocycles. The number of alkyl halides is 2. The lowest BCUT2D eigenvalue weighted by Gasteiger charge is -2.01. The van der Waals surface area contributed by atoms with Crippen molar-refractivity contribution in [2.75, 3.05) is 0 Å². The summed E-state index contributed by atoms with van der Waals surface area (Å²) in [6.07, 6.45) is 0. The minimum Gasteiger partial charge on any atom is -0.257 e. The summed E-state index contributed by atoms with van der Waals surface area (Å²) in [6, 6.07) is 4.14. The molecule has 0 saturated heterocycles. The van der Waals surface area contributed by atoms with E-state index in [1.807, 2.05) is 13.0 Å². The first-order valence-corrected chi connectivity index (χ1v) is 5.59. The molecular weight excluding hydrogens is 270 g/mol. The molecule has 1 nitrogen and oxygen atoms in total. The number of halogens is 2. The minimum absolute atomic E-state index is 0.830.